The molecule has 2 heterocycles. The molecule has 0 bridgehead atoms. The Bertz CT molecular complexity index is 1190. The summed E-state index contributed by atoms with van der Waals surface area (Å²) in [5, 5.41) is 0.699. The molecule has 0 aliphatic rings. The molecule has 0 atom stereocenters. The summed E-state index contributed by atoms with van der Waals surface area (Å²) >= 11 is 1.07. The van der Waals surface area contributed by atoms with E-state index in [-0.39, 0.29) is 9.62 Å². The summed E-state index contributed by atoms with van der Waals surface area (Å²) in [6, 6.07) is 7.60. The molecule has 2 aromatic heterocycles. The third-order valence-corrected chi connectivity index (χ3v) is 7.65. The number of carbonyl (C=O) groups excluding carboxylic acids is 1. The number of hydrogen-bond acceptors (Lipinski definition) is 7. The molecular formula is C22H28N4O4S2. The van der Waals surface area contributed by atoms with Crippen LogP contribution in [0.5, 0.6) is 0 Å². The standard InChI is InChI=1S/C22H28N4O4S2/c1-6-7-17-24-18(19(31-17)32(28,29)25-21(27)30-5)16-10-8-15(9-11-16)14-26-13-12-23-20(26)22(2,3)4/h8-13H,6-7,14H2,1-5H3,(H,25,27). The number of aromatic nitrogens is 3. The molecule has 0 unspecified atom stereocenters. The molecule has 0 aliphatic heterocycles. The highest BCUT2D eigenvalue weighted by molar-refractivity contribution is 7.92. The van der Waals surface area contributed by atoms with Crippen LogP contribution >= 0.6 is 11.3 Å². The van der Waals surface area contributed by atoms with Crippen molar-refractivity contribution in [3.63, 3.8) is 0 Å². The van der Waals surface area contributed by atoms with Crippen molar-refractivity contribution in [3.05, 3.63) is 53.1 Å². The van der Waals surface area contributed by atoms with Crippen LogP contribution in [0, 0.1) is 0 Å². The molecule has 0 aliphatic carbocycles. The van der Waals surface area contributed by atoms with Crippen molar-refractivity contribution in [2.45, 2.75) is 56.7 Å². The minimum absolute atomic E-state index is 0.00345. The van der Waals surface area contributed by atoms with E-state index in [4.69, 9.17) is 0 Å². The fourth-order valence-electron chi connectivity index (χ4n) is 3.28. The quantitative estimate of drug-likeness (QED) is 0.544. The van der Waals surface area contributed by atoms with E-state index in [1.807, 2.05) is 42.1 Å². The second kappa shape index (κ2) is 9.41. The van der Waals surface area contributed by atoms with E-state index in [0.717, 1.165) is 36.3 Å². The largest absolute Gasteiger partial charge is 0.452 e. The minimum Gasteiger partial charge on any atom is -0.452 e. The molecule has 0 spiro atoms. The highest BCUT2D eigenvalue weighted by Crippen LogP contribution is 2.33. The number of imidazole rings is 1. The number of benzene rings is 1. The Labute approximate surface area is 192 Å². The van der Waals surface area contributed by atoms with E-state index in [0.29, 0.717) is 29.2 Å². The summed E-state index contributed by atoms with van der Waals surface area (Å²) in [4.78, 5) is 20.6. The number of amides is 1. The molecule has 0 saturated heterocycles. The number of rotatable bonds is 7. The molecule has 8 nitrogen and oxygen atoms in total. The second-order valence-electron chi connectivity index (χ2n) is 8.42. The molecule has 1 N–H and O–H groups in total. The molecule has 0 fully saturated rings. The highest BCUT2D eigenvalue weighted by Gasteiger charge is 2.27. The lowest BCUT2D eigenvalue weighted by Gasteiger charge is -2.19. The predicted molar refractivity (Wildman–Crippen MR) is 124 cm³/mol. The molecule has 172 valence electrons. The average Bonchev–Trinajstić information content (AvgIpc) is 3.36. The van der Waals surface area contributed by atoms with Gasteiger partial charge in [0.25, 0.3) is 10.0 Å². The van der Waals surface area contributed by atoms with Crippen LogP contribution in [0.15, 0.2) is 40.9 Å². The molecule has 1 amide bonds. The number of nitrogens with zero attached hydrogens (tertiary/aromatic N) is 3. The van der Waals surface area contributed by atoms with Crippen LogP contribution in [0.25, 0.3) is 11.3 Å². The molecular weight excluding hydrogens is 448 g/mol. The third-order valence-electron chi connectivity index (χ3n) is 4.72. The maximum atomic E-state index is 12.8. The van der Waals surface area contributed by atoms with E-state index >= 15 is 0 Å². The molecule has 10 heteroatoms. The normalized spacial score (nSPS) is 12.0. The van der Waals surface area contributed by atoms with Crippen molar-refractivity contribution < 1.29 is 17.9 Å². The topological polar surface area (TPSA) is 103 Å². The van der Waals surface area contributed by atoms with Gasteiger partial charge in [-0.05, 0) is 18.4 Å². The minimum atomic E-state index is -4.10. The molecule has 1 aromatic carbocycles. The zero-order valence-electron chi connectivity index (χ0n) is 18.9. The molecule has 3 aromatic rings. The first-order chi connectivity index (χ1) is 15.0. The molecule has 3 rings (SSSR count). The predicted octanol–water partition coefficient (Wildman–Crippen LogP) is 4.35. The Balaban J connectivity index is 1.93. The summed E-state index contributed by atoms with van der Waals surface area (Å²) in [6.07, 6.45) is 4.20. The van der Waals surface area contributed by atoms with Crippen LogP contribution < -0.4 is 4.72 Å². The van der Waals surface area contributed by atoms with E-state index in [9.17, 15) is 13.2 Å². The van der Waals surface area contributed by atoms with Crippen LogP contribution in [-0.4, -0.2) is 36.2 Å². The van der Waals surface area contributed by atoms with Gasteiger partial charge < -0.3 is 9.30 Å². The molecule has 32 heavy (non-hydrogen) atoms. The van der Waals surface area contributed by atoms with Gasteiger partial charge in [0.15, 0.2) is 4.21 Å². The van der Waals surface area contributed by atoms with E-state index in [2.05, 4.69) is 40.0 Å². The van der Waals surface area contributed by atoms with Crippen molar-refractivity contribution >= 4 is 27.5 Å². The van der Waals surface area contributed by atoms with E-state index in [1.165, 1.54) is 0 Å². The number of methoxy groups -OCH3 is 1. The first kappa shape index (κ1) is 23.9. The average molecular weight is 477 g/mol. The van der Waals surface area contributed by atoms with Gasteiger partial charge in [-0.25, -0.2) is 27.9 Å². The Kier molecular flexibility index (Phi) is 7.04. The van der Waals surface area contributed by atoms with Gasteiger partial charge in [-0.1, -0.05) is 52.0 Å². The van der Waals surface area contributed by atoms with Gasteiger partial charge in [0, 0.05) is 29.9 Å². The van der Waals surface area contributed by atoms with Crippen LogP contribution in [0.4, 0.5) is 4.79 Å². The first-order valence-electron chi connectivity index (χ1n) is 10.3. The summed E-state index contributed by atoms with van der Waals surface area (Å²) in [5.41, 5.74) is 1.98. The Morgan fingerprint density at radius 1 is 1.22 bits per heavy atom. The second-order valence-corrected chi connectivity index (χ2v) is 11.4. The van der Waals surface area contributed by atoms with Gasteiger partial charge in [-0.15, -0.1) is 11.3 Å². The number of carbonyl (C=O) groups is 1. The van der Waals surface area contributed by atoms with E-state index in [1.54, 1.807) is 6.20 Å². The van der Waals surface area contributed by atoms with Crippen molar-refractivity contribution in [1.29, 1.82) is 0 Å². The monoisotopic (exact) mass is 476 g/mol. The highest BCUT2D eigenvalue weighted by atomic mass is 32.2. The summed E-state index contributed by atoms with van der Waals surface area (Å²) in [5.74, 6) is 0.993. The Morgan fingerprint density at radius 2 is 1.91 bits per heavy atom. The van der Waals surface area contributed by atoms with Crippen LogP contribution in [0.1, 0.15) is 50.5 Å². The van der Waals surface area contributed by atoms with Gasteiger partial charge in [-0.2, -0.15) is 0 Å². The number of sulfonamides is 1. The lowest BCUT2D eigenvalue weighted by molar-refractivity contribution is 0.177. The smallest absolute Gasteiger partial charge is 0.420 e. The summed E-state index contributed by atoms with van der Waals surface area (Å²) in [6.45, 7) is 9.01. The number of ether oxygens (including phenoxy) is 1. The number of aryl methyl sites for hydroxylation is 1. The lowest BCUT2D eigenvalue weighted by Crippen LogP contribution is -2.30. The third kappa shape index (κ3) is 5.36. The fraction of sp³-hybridized carbons (Fsp3) is 0.409. The van der Waals surface area contributed by atoms with Gasteiger partial charge in [0.1, 0.15) is 11.5 Å². The number of hydrogen-bond donors (Lipinski definition) is 1. The SMILES string of the molecule is CCCc1nc(-c2ccc(Cn3ccnc3C(C)(C)C)cc2)c(S(=O)(=O)NC(=O)OC)s1. The fourth-order valence-corrected chi connectivity index (χ4v) is 5.86. The Morgan fingerprint density at radius 3 is 2.50 bits per heavy atom. The van der Waals surface area contributed by atoms with Crippen molar-refractivity contribution in [3.8, 4) is 11.3 Å². The van der Waals surface area contributed by atoms with Crippen molar-refractivity contribution in [2.75, 3.05) is 7.11 Å². The van der Waals surface area contributed by atoms with Gasteiger partial charge in [0.2, 0.25) is 0 Å². The van der Waals surface area contributed by atoms with E-state index < -0.39 is 16.1 Å². The van der Waals surface area contributed by atoms with Crippen LogP contribution in [0.2, 0.25) is 0 Å². The van der Waals surface area contributed by atoms with Crippen molar-refractivity contribution in [1.82, 2.24) is 19.3 Å². The van der Waals surface area contributed by atoms with Gasteiger partial charge >= 0.3 is 6.09 Å². The Hall–Kier alpha value is -2.72. The summed E-state index contributed by atoms with van der Waals surface area (Å²) < 4.78 is 34.0. The van der Waals surface area contributed by atoms with Crippen LogP contribution in [-0.2, 0) is 33.1 Å². The zero-order valence-corrected chi connectivity index (χ0v) is 20.5. The summed E-state index contributed by atoms with van der Waals surface area (Å²) in [7, 11) is -2.99. The van der Waals surface area contributed by atoms with Crippen molar-refractivity contribution in [2.24, 2.45) is 0 Å². The van der Waals surface area contributed by atoms with Gasteiger partial charge in [0.05, 0.1) is 12.1 Å². The lowest BCUT2D eigenvalue weighted by atomic mass is 9.95. The maximum absolute atomic E-state index is 12.8. The van der Waals surface area contributed by atoms with Crippen LogP contribution in [0.3, 0.4) is 0 Å². The zero-order chi connectivity index (χ0) is 23.5. The first-order valence-corrected chi connectivity index (χ1v) is 12.6. The van der Waals surface area contributed by atoms with Gasteiger partial charge in [-0.3, -0.25) is 0 Å². The number of thiazole rings is 1. The maximum Gasteiger partial charge on any atom is 0.420 e. The number of nitrogens with one attached hydrogen (secondary N) is 1. The molecule has 0 saturated carbocycles. The molecule has 0 radical (unpaired) electrons.